The first-order chi connectivity index (χ1) is 20.8. The molecular formula is C32H48N6O4S. The number of amides is 3. The van der Waals surface area contributed by atoms with Gasteiger partial charge in [-0.05, 0) is 88.3 Å². The molecule has 11 heteroatoms. The summed E-state index contributed by atoms with van der Waals surface area (Å²) in [5, 5.41) is 12.4. The van der Waals surface area contributed by atoms with Gasteiger partial charge >= 0.3 is 0 Å². The highest BCUT2D eigenvalue weighted by Gasteiger charge is 2.47. The van der Waals surface area contributed by atoms with E-state index >= 15 is 0 Å². The smallest absolute Gasteiger partial charge is 0.246 e. The van der Waals surface area contributed by atoms with Gasteiger partial charge in [-0.2, -0.15) is 0 Å². The number of carbonyl (C=O) groups excluding carboxylic acids is 3. The Bertz CT molecular complexity index is 1130. The molecule has 0 aliphatic carbocycles. The second-order valence-electron chi connectivity index (χ2n) is 11.3. The molecular weight excluding hydrogens is 564 g/mol. The zero-order chi connectivity index (χ0) is 31.2. The van der Waals surface area contributed by atoms with Crippen LogP contribution in [-0.2, 0) is 20.8 Å². The van der Waals surface area contributed by atoms with Gasteiger partial charge in [0.2, 0.25) is 17.7 Å². The fourth-order valence-electron chi connectivity index (χ4n) is 5.92. The van der Waals surface area contributed by atoms with Crippen LogP contribution < -0.4 is 31.7 Å². The molecule has 6 N–H and O–H groups in total. The third-order valence-corrected chi connectivity index (χ3v) is 8.50. The van der Waals surface area contributed by atoms with Gasteiger partial charge in [-0.25, -0.2) is 0 Å². The van der Waals surface area contributed by atoms with E-state index in [1.807, 2.05) is 37.4 Å². The van der Waals surface area contributed by atoms with Crippen LogP contribution in [0.3, 0.4) is 0 Å². The number of nitrogens with two attached hydrogens (primary N) is 1. The van der Waals surface area contributed by atoms with Gasteiger partial charge in [-0.15, -0.1) is 6.58 Å². The predicted molar refractivity (Wildman–Crippen MR) is 173 cm³/mol. The van der Waals surface area contributed by atoms with Crippen LogP contribution in [0.2, 0.25) is 0 Å². The Morgan fingerprint density at radius 1 is 1.14 bits per heavy atom. The maximum atomic E-state index is 14.1. The molecule has 5 atom stereocenters. The Morgan fingerprint density at radius 2 is 1.88 bits per heavy atom. The monoisotopic (exact) mass is 612 g/mol. The van der Waals surface area contributed by atoms with Crippen molar-refractivity contribution in [2.75, 3.05) is 27.2 Å². The molecule has 10 nitrogen and oxygen atoms in total. The molecule has 2 heterocycles. The summed E-state index contributed by atoms with van der Waals surface area (Å²) >= 11 is 5.02. The first-order valence-electron chi connectivity index (χ1n) is 15.3. The van der Waals surface area contributed by atoms with E-state index in [1.54, 1.807) is 12.0 Å². The molecule has 2 fully saturated rings. The molecule has 2 saturated heterocycles. The summed E-state index contributed by atoms with van der Waals surface area (Å²) in [4.78, 5) is 42.4. The Kier molecular flexibility index (Phi) is 14.0. The number of allylic oxidation sites excluding steroid dienone is 2. The van der Waals surface area contributed by atoms with Crippen LogP contribution >= 0.6 is 12.2 Å². The first-order valence-corrected chi connectivity index (χ1v) is 15.7. The summed E-state index contributed by atoms with van der Waals surface area (Å²) in [5.74, 6) is -0.0216. The van der Waals surface area contributed by atoms with Crippen molar-refractivity contribution >= 4 is 35.1 Å². The second-order valence-corrected chi connectivity index (χ2v) is 11.7. The summed E-state index contributed by atoms with van der Waals surface area (Å²) in [6.45, 7) is 4.56. The van der Waals surface area contributed by atoms with Gasteiger partial charge in [0.1, 0.15) is 17.8 Å². The molecule has 236 valence electrons. The molecule has 2 aliphatic rings. The SMILES string of the molecule is C=CCC/C=C/CC(CC(=O)NC1C(=O)N2C(CCC1CNC(N)=S)CCC2C(=O)NCCc1ccc(OC)cc1)NC. The predicted octanol–water partition coefficient (Wildman–Crippen LogP) is 2.33. The topological polar surface area (TPSA) is 138 Å². The standard InChI is InChI=1S/C32H48N6O4S/c1-4-5-6-7-8-9-24(34-2)20-28(39)37-29-23(21-36-32(33)43)12-13-25-14-17-27(38(25)31(29)41)30(40)35-19-18-22-10-15-26(42-3)16-11-22/h4,7-8,10-11,15-16,23-25,27,29,34H,1,5-6,9,12-14,17-21H2,2-3H3,(H,35,40)(H,37,39)(H3,33,36,43)/b8-7+. The number of rotatable bonds is 16. The number of nitrogens with zero attached hydrogens (tertiary/aromatic N) is 1. The quantitative estimate of drug-likeness (QED) is 0.109. The summed E-state index contributed by atoms with van der Waals surface area (Å²) < 4.78 is 5.21. The molecule has 0 bridgehead atoms. The zero-order valence-corrected chi connectivity index (χ0v) is 26.3. The van der Waals surface area contributed by atoms with Crippen LogP contribution in [0.4, 0.5) is 0 Å². The van der Waals surface area contributed by atoms with E-state index in [2.05, 4.69) is 40.0 Å². The van der Waals surface area contributed by atoms with Gasteiger partial charge in [0.25, 0.3) is 0 Å². The minimum Gasteiger partial charge on any atom is -0.497 e. The lowest BCUT2D eigenvalue weighted by Gasteiger charge is -2.32. The second kappa shape index (κ2) is 17.6. The molecule has 1 aromatic carbocycles. The van der Waals surface area contributed by atoms with Crippen molar-refractivity contribution in [3.8, 4) is 5.75 Å². The Hall–Kier alpha value is -3.44. The molecule has 0 radical (unpaired) electrons. The van der Waals surface area contributed by atoms with E-state index in [9.17, 15) is 14.4 Å². The summed E-state index contributed by atoms with van der Waals surface area (Å²) in [6, 6.07) is 6.26. The molecule has 43 heavy (non-hydrogen) atoms. The molecule has 1 aromatic rings. The maximum absolute atomic E-state index is 14.1. The highest BCUT2D eigenvalue weighted by Crippen LogP contribution is 2.34. The number of ether oxygens (including phenoxy) is 1. The minimum atomic E-state index is -0.785. The van der Waals surface area contributed by atoms with Crippen molar-refractivity contribution in [1.29, 1.82) is 0 Å². The van der Waals surface area contributed by atoms with Crippen LogP contribution in [0.5, 0.6) is 5.75 Å². The Labute approximate surface area is 261 Å². The molecule has 3 amide bonds. The first kappa shape index (κ1) is 34.1. The average Bonchev–Trinajstić information content (AvgIpc) is 3.38. The largest absolute Gasteiger partial charge is 0.497 e. The summed E-state index contributed by atoms with van der Waals surface area (Å²) in [7, 11) is 3.45. The van der Waals surface area contributed by atoms with Gasteiger partial charge in [-0.1, -0.05) is 30.4 Å². The molecule has 0 spiro atoms. The van der Waals surface area contributed by atoms with E-state index in [1.165, 1.54) is 0 Å². The minimum absolute atomic E-state index is 0.0511. The number of thiocarbonyl (C=S) groups is 1. The van der Waals surface area contributed by atoms with Crippen molar-refractivity contribution in [2.45, 2.75) is 82.0 Å². The van der Waals surface area contributed by atoms with Gasteiger partial charge in [0.15, 0.2) is 5.11 Å². The fraction of sp³-hybridized carbons (Fsp3) is 0.562. The summed E-state index contributed by atoms with van der Waals surface area (Å²) in [6.07, 6.45) is 12.2. The van der Waals surface area contributed by atoms with Crippen LogP contribution in [0, 0.1) is 5.92 Å². The number of carbonyl (C=O) groups is 3. The molecule has 0 saturated carbocycles. The lowest BCUT2D eigenvalue weighted by atomic mass is 9.93. The lowest BCUT2D eigenvalue weighted by molar-refractivity contribution is -0.143. The maximum Gasteiger partial charge on any atom is 0.246 e. The normalized spacial score (nSPS) is 22.4. The van der Waals surface area contributed by atoms with Crippen LogP contribution in [0.25, 0.3) is 0 Å². The lowest BCUT2D eigenvalue weighted by Crippen LogP contribution is -2.57. The highest BCUT2D eigenvalue weighted by atomic mass is 32.1. The zero-order valence-electron chi connectivity index (χ0n) is 25.5. The number of fused-ring (bicyclic) bond motifs is 1. The van der Waals surface area contributed by atoms with Crippen molar-refractivity contribution in [3.05, 3.63) is 54.6 Å². The van der Waals surface area contributed by atoms with Gasteiger partial charge in [0.05, 0.1) is 7.11 Å². The van der Waals surface area contributed by atoms with Crippen LogP contribution in [0.1, 0.15) is 56.9 Å². The van der Waals surface area contributed by atoms with E-state index in [-0.39, 0.29) is 47.3 Å². The number of hydrogen-bond donors (Lipinski definition) is 5. The molecule has 5 unspecified atom stereocenters. The molecule has 0 aromatic heterocycles. The number of unbranched alkanes of at least 4 members (excludes halogenated alkanes) is 1. The Balaban J connectivity index is 1.67. The van der Waals surface area contributed by atoms with E-state index in [0.29, 0.717) is 38.8 Å². The van der Waals surface area contributed by atoms with Crippen molar-refractivity contribution in [3.63, 3.8) is 0 Å². The average molecular weight is 613 g/mol. The van der Waals surface area contributed by atoms with E-state index < -0.39 is 12.1 Å². The molecule has 2 aliphatic heterocycles. The number of methoxy groups -OCH3 is 1. The third kappa shape index (κ3) is 10.4. The van der Waals surface area contributed by atoms with Gasteiger partial charge in [0, 0.05) is 37.5 Å². The number of benzene rings is 1. The summed E-state index contributed by atoms with van der Waals surface area (Å²) in [5.41, 5.74) is 6.79. The number of nitrogens with one attached hydrogen (secondary N) is 4. The van der Waals surface area contributed by atoms with Crippen molar-refractivity contribution < 1.29 is 19.1 Å². The van der Waals surface area contributed by atoms with Crippen LogP contribution in [-0.4, -0.2) is 79.1 Å². The number of hydrogen-bond acceptors (Lipinski definition) is 6. The van der Waals surface area contributed by atoms with Crippen molar-refractivity contribution in [2.24, 2.45) is 11.7 Å². The third-order valence-electron chi connectivity index (χ3n) is 8.36. The van der Waals surface area contributed by atoms with Crippen LogP contribution in [0.15, 0.2) is 49.1 Å². The fourth-order valence-corrected chi connectivity index (χ4v) is 6.00. The highest BCUT2D eigenvalue weighted by molar-refractivity contribution is 7.80. The van der Waals surface area contributed by atoms with Crippen molar-refractivity contribution in [1.82, 2.24) is 26.2 Å². The van der Waals surface area contributed by atoms with E-state index in [4.69, 9.17) is 22.7 Å². The molecule has 3 rings (SSSR count). The van der Waals surface area contributed by atoms with E-state index in [0.717, 1.165) is 37.0 Å². The van der Waals surface area contributed by atoms with Gasteiger partial charge < -0.3 is 36.6 Å². The Morgan fingerprint density at radius 3 is 2.56 bits per heavy atom. The van der Waals surface area contributed by atoms with Gasteiger partial charge in [-0.3, -0.25) is 14.4 Å².